The highest BCUT2D eigenvalue weighted by molar-refractivity contribution is 5.86. The minimum absolute atomic E-state index is 0.0255. The Labute approximate surface area is 143 Å². The molecule has 1 N–H and O–H groups in total. The lowest BCUT2D eigenvalue weighted by Gasteiger charge is -2.36. The number of nitrogens with zero attached hydrogens (tertiary/aromatic N) is 2. The number of nitro benzene ring substituents is 1. The molecule has 0 bridgehead atoms. The van der Waals surface area contributed by atoms with Gasteiger partial charge in [0.15, 0.2) is 0 Å². The van der Waals surface area contributed by atoms with Crippen molar-refractivity contribution in [1.29, 1.82) is 0 Å². The highest BCUT2D eigenvalue weighted by Gasteiger charge is 2.31. The molecule has 6 nitrogen and oxygen atoms in total. The third-order valence-corrected chi connectivity index (χ3v) is 3.45. The van der Waals surface area contributed by atoms with E-state index in [1.165, 1.54) is 12.1 Å². The normalized spacial score (nSPS) is 12.6. The Morgan fingerprint density at radius 3 is 2.25 bits per heavy atom. The molecule has 0 fully saturated rings. The SMILES string of the molecule is C=CCN(c1ccc([N+](=O)[O-])cc1)C(C(=O)NC(C)(C)C)C(C)C. The van der Waals surface area contributed by atoms with Gasteiger partial charge in [0.1, 0.15) is 6.04 Å². The van der Waals surface area contributed by atoms with E-state index in [9.17, 15) is 14.9 Å². The number of non-ortho nitro benzene ring substituents is 1. The first-order valence-corrected chi connectivity index (χ1v) is 8.01. The van der Waals surface area contributed by atoms with Gasteiger partial charge in [0, 0.05) is 29.9 Å². The van der Waals surface area contributed by atoms with Crippen LogP contribution in [-0.2, 0) is 4.79 Å². The number of hydrogen-bond acceptors (Lipinski definition) is 4. The molecule has 0 spiro atoms. The van der Waals surface area contributed by atoms with Crippen molar-refractivity contribution in [2.75, 3.05) is 11.4 Å². The molecule has 1 rings (SSSR count). The highest BCUT2D eigenvalue weighted by Crippen LogP contribution is 2.24. The van der Waals surface area contributed by atoms with E-state index in [0.29, 0.717) is 6.54 Å². The Bertz CT molecular complexity index is 589. The van der Waals surface area contributed by atoms with Crippen LogP contribution in [0.1, 0.15) is 34.6 Å². The number of carbonyl (C=O) groups excluding carboxylic acids is 1. The molecule has 1 amide bonds. The van der Waals surface area contributed by atoms with Crippen LogP contribution in [0.3, 0.4) is 0 Å². The maximum Gasteiger partial charge on any atom is 0.269 e. The largest absolute Gasteiger partial charge is 0.356 e. The van der Waals surface area contributed by atoms with Gasteiger partial charge in [-0.3, -0.25) is 14.9 Å². The number of hydrogen-bond donors (Lipinski definition) is 1. The van der Waals surface area contributed by atoms with E-state index in [0.717, 1.165) is 5.69 Å². The number of benzene rings is 1. The number of amides is 1. The van der Waals surface area contributed by atoms with E-state index in [-0.39, 0.29) is 23.1 Å². The minimum Gasteiger partial charge on any atom is -0.356 e. The molecule has 0 saturated heterocycles. The second-order valence-corrected chi connectivity index (χ2v) is 7.14. The summed E-state index contributed by atoms with van der Waals surface area (Å²) in [5, 5.41) is 13.8. The van der Waals surface area contributed by atoms with Crippen molar-refractivity contribution in [3.63, 3.8) is 0 Å². The average molecular weight is 333 g/mol. The first-order chi connectivity index (χ1) is 11.1. The topological polar surface area (TPSA) is 75.5 Å². The lowest BCUT2D eigenvalue weighted by molar-refractivity contribution is -0.384. The minimum atomic E-state index is -0.437. The van der Waals surface area contributed by atoms with E-state index in [1.54, 1.807) is 18.2 Å². The molecule has 132 valence electrons. The Kier molecular flexibility index (Phi) is 6.51. The standard InChI is InChI=1S/C18H27N3O3/c1-7-12-20(14-8-10-15(11-9-14)21(23)24)16(13(2)3)17(22)19-18(4,5)6/h7-11,13,16H,1,12H2,2-6H3,(H,19,22). The number of nitrogens with one attached hydrogen (secondary N) is 1. The number of anilines is 1. The lowest BCUT2D eigenvalue weighted by atomic mass is 9.98. The van der Waals surface area contributed by atoms with Gasteiger partial charge in [0.25, 0.3) is 5.69 Å². The first kappa shape index (κ1) is 19.7. The van der Waals surface area contributed by atoms with Gasteiger partial charge in [-0.25, -0.2) is 0 Å². The Hall–Kier alpha value is -2.37. The van der Waals surface area contributed by atoms with Crippen LogP contribution in [0.15, 0.2) is 36.9 Å². The van der Waals surface area contributed by atoms with E-state index >= 15 is 0 Å². The Balaban J connectivity index is 3.19. The molecule has 1 aromatic rings. The molecule has 0 aliphatic carbocycles. The molecule has 0 saturated carbocycles. The molecule has 0 aliphatic heterocycles. The summed E-state index contributed by atoms with van der Waals surface area (Å²) in [6.45, 7) is 14.0. The van der Waals surface area contributed by atoms with Crippen LogP contribution in [0.2, 0.25) is 0 Å². The maximum atomic E-state index is 12.8. The van der Waals surface area contributed by atoms with Gasteiger partial charge in [-0.05, 0) is 38.8 Å². The summed E-state index contributed by atoms with van der Waals surface area (Å²) in [5.74, 6) is -0.0137. The number of rotatable bonds is 7. The zero-order chi connectivity index (χ0) is 18.5. The second kappa shape index (κ2) is 7.95. The second-order valence-electron chi connectivity index (χ2n) is 7.14. The Morgan fingerprint density at radius 1 is 1.33 bits per heavy atom. The summed E-state index contributed by atoms with van der Waals surface area (Å²) in [7, 11) is 0. The van der Waals surface area contributed by atoms with Crippen molar-refractivity contribution < 1.29 is 9.72 Å². The smallest absolute Gasteiger partial charge is 0.269 e. The van der Waals surface area contributed by atoms with Crippen molar-refractivity contribution >= 4 is 17.3 Å². The third kappa shape index (κ3) is 5.37. The van der Waals surface area contributed by atoms with Crippen molar-refractivity contribution in [2.24, 2.45) is 5.92 Å². The highest BCUT2D eigenvalue weighted by atomic mass is 16.6. The van der Waals surface area contributed by atoms with Crippen molar-refractivity contribution in [1.82, 2.24) is 5.32 Å². The van der Waals surface area contributed by atoms with Gasteiger partial charge < -0.3 is 10.2 Å². The fraction of sp³-hybridized carbons (Fsp3) is 0.500. The summed E-state index contributed by atoms with van der Waals surface area (Å²) in [5.41, 5.74) is 0.445. The monoisotopic (exact) mass is 333 g/mol. The molecule has 1 aromatic carbocycles. The Morgan fingerprint density at radius 2 is 1.88 bits per heavy atom. The van der Waals surface area contributed by atoms with Gasteiger partial charge in [-0.2, -0.15) is 0 Å². The molecule has 6 heteroatoms. The fourth-order valence-corrected chi connectivity index (χ4v) is 2.53. The predicted octanol–water partition coefficient (Wildman–Crippen LogP) is 3.53. The van der Waals surface area contributed by atoms with Crippen molar-refractivity contribution in [3.05, 3.63) is 47.0 Å². The zero-order valence-electron chi connectivity index (χ0n) is 15.1. The van der Waals surface area contributed by atoms with Crippen LogP contribution in [0.4, 0.5) is 11.4 Å². The van der Waals surface area contributed by atoms with Crippen molar-refractivity contribution in [2.45, 2.75) is 46.2 Å². The molecular weight excluding hydrogens is 306 g/mol. The summed E-state index contributed by atoms with van der Waals surface area (Å²) < 4.78 is 0. The van der Waals surface area contributed by atoms with Crippen LogP contribution in [0, 0.1) is 16.0 Å². The van der Waals surface area contributed by atoms with Crippen LogP contribution < -0.4 is 10.2 Å². The summed E-state index contributed by atoms with van der Waals surface area (Å²) in [6.07, 6.45) is 1.72. The summed E-state index contributed by atoms with van der Waals surface area (Å²) in [6, 6.07) is 5.83. The average Bonchev–Trinajstić information content (AvgIpc) is 2.44. The third-order valence-electron chi connectivity index (χ3n) is 3.45. The molecule has 0 aromatic heterocycles. The molecule has 1 atom stereocenters. The quantitative estimate of drug-likeness (QED) is 0.470. The fourth-order valence-electron chi connectivity index (χ4n) is 2.53. The van der Waals surface area contributed by atoms with E-state index in [2.05, 4.69) is 11.9 Å². The predicted molar refractivity (Wildman–Crippen MR) is 97.2 cm³/mol. The van der Waals surface area contributed by atoms with Crippen LogP contribution in [-0.4, -0.2) is 29.0 Å². The molecule has 1 unspecified atom stereocenters. The molecular formula is C18H27N3O3. The first-order valence-electron chi connectivity index (χ1n) is 8.01. The van der Waals surface area contributed by atoms with Crippen molar-refractivity contribution in [3.8, 4) is 0 Å². The van der Waals surface area contributed by atoms with Crippen LogP contribution in [0.5, 0.6) is 0 Å². The van der Waals surface area contributed by atoms with Crippen LogP contribution >= 0.6 is 0 Å². The summed E-state index contributed by atoms with van der Waals surface area (Å²) in [4.78, 5) is 25.1. The maximum absolute atomic E-state index is 12.8. The van der Waals surface area contributed by atoms with E-state index < -0.39 is 11.0 Å². The van der Waals surface area contributed by atoms with E-state index in [4.69, 9.17) is 0 Å². The molecule has 0 heterocycles. The molecule has 0 aliphatic rings. The van der Waals surface area contributed by atoms with Crippen LogP contribution in [0.25, 0.3) is 0 Å². The zero-order valence-corrected chi connectivity index (χ0v) is 15.1. The van der Waals surface area contributed by atoms with Gasteiger partial charge in [-0.1, -0.05) is 19.9 Å². The van der Waals surface area contributed by atoms with Gasteiger partial charge in [-0.15, -0.1) is 6.58 Å². The summed E-state index contributed by atoms with van der Waals surface area (Å²) >= 11 is 0. The van der Waals surface area contributed by atoms with Gasteiger partial charge >= 0.3 is 0 Å². The van der Waals surface area contributed by atoms with Gasteiger partial charge in [0.2, 0.25) is 5.91 Å². The molecule has 0 radical (unpaired) electrons. The molecule has 24 heavy (non-hydrogen) atoms. The van der Waals surface area contributed by atoms with E-state index in [1.807, 2.05) is 39.5 Å². The number of carbonyl (C=O) groups is 1. The lowest BCUT2D eigenvalue weighted by Crippen LogP contribution is -2.54. The van der Waals surface area contributed by atoms with Gasteiger partial charge in [0.05, 0.1) is 4.92 Å². The number of nitro groups is 1.